The molecule has 0 bridgehead atoms. The molecule has 1 heterocycles. The number of amides is 1. The Kier molecular flexibility index (Phi) is 6.18. The minimum absolute atomic E-state index is 0.409. The molecule has 0 saturated heterocycles. The SMILES string of the molecule is NC(=O)c1cccc(-c2ccc(CNCCC3CCCCC3)nc2)c1. The molecule has 1 aliphatic rings. The summed E-state index contributed by atoms with van der Waals surface area (Å²) in [7, 11) is 0. The summed E-state index contributed by atoms with van der Waals surface area (Å²) in [5, 5.41) is 3.51. The molecule has 25 heavy (non-hydrogen) atoms. The van der Waals surface area contributed by atoms with Gasteiger partial charge in [0.15, 0.2) is 0 Å². The number of nitrogens with one attached hydrogen (secondary N) is 1. The van der Waals surface area contributed by atoms with Crippen LogP contribution in [0.25, 0.3) is 11.1 Å². The van der Waals surface area contributed by atoms with Gasteiger partial charge in [-0.3, -0.25) is 9.78 Å². The molecule has 1 aromatic heterocycles. The van der Waals surface area contributed by atoms with Crippen LogP contribution in [-0.2, 0) is 6.54 Å². The van der Waals surface area contributed by atoms with Crippen LogP contribution in [-0.4, -0.2) is 17.4 Å². The minimum atomic E-state index is -0.409. The predicted molar refractivity (Wildman–Crippen MR) is 101 cm³/mol. The summed E-state index contributed by atoms with van der Waals surface area (Å²) >= 11 is 0. The number of nitrogens with zero attached hydrogens (tertiary/aromatic N) is 1. The van der Waals surface area contributed by atoms with Crippen LogP contribution in [0.5, 0.6) is 0 Å². The molecule has 0 atom stereocenters. The average molecular weight is 337 g/mol. The zero-order valence-electron chi connectivity index (χ0n) is 14.7. The molecule has 4 nitrogen and oxygen atoms in total. The van der Waals surface area contributed by atoms with Crippen LogP contribution in [0.3, 0.4) is 0 Å². The molecule has 1 fully saturated rings. The van der Waals surface area contributed by atoms with Crippen molar-refractivity contribution in [3.8, 4) is 11.1 Å². The van der Waals surface area contributed by atoms with Crippen LogP contribution < -0.4 is 11.1 Å². The van der Waals surface area contributed by atoms with E-state index in [1.54, 1.807) is 12.1 Å². The molecule has 3 rings (SSSR count). The lowest BCUT2D eigenvalue weighted by Crippen LogP contribution is -2.19. The second-order valence-corrected chi connectivity index (χ2v) is 6.95. The van der Waals surface area contributed by atoms with Gasteiger partial charge in [-0.2, -0.15) is 0 Å². The maximum atomic E-state index is 11.3. The molecule has 2 aromatic rings. The van der Waals surface area contributed by atoms with Crippen LogP contribution in [0, 0.1) is 5.92 Å². The van der Waals surface area contributed by atoms with Crippen LogP contribution in [0.15, 0.2) is 42.6 Å². The number of pyridine rings is 1. The second-order valence-electron chi connectivity index (χ2n) is 6.95. The zero-order valence-corrected chi connectivity index (χ0v) is 14.7. The van der Waals surface area contributed by atoms with E-state index >= 15 is 0 Å². The third-order valence-corrected chi connectivity index (χ3v) is 5.07. The summed E-state index contributed by atoms with van der Waals surface area (Å²) in [5.74, 6) is 0.503. The first-order valence-electron chi connectivity index (χ1n) is 9.28. The first-order valence-corrected chi connectivity index (χ1v) is 9.28. The number of aromatic nitrogens is 1. The predicted octanol–water partition coefficient (Wildman–Crippen LogP) is 3.91. The summed E-state index contributed by atoms with van der Waals surface area (Å²) in [6.07, 6.45) is 10.2. The normalized spacial score (nSPS) is 15.2. The van der Waals surface area contributed by atoms with Crippen molar-refractivity contribution in [2.24, 2.45) is 11.7 Å². The number of primary amides is 1. The fourth-order valence-corrected chi connectivity index (χ4v) is 3.55. The highest BCUT2D eigenvalue weighted by atomic mass is 16.1. The van der Waals surface area contributed by atoms with Gasteiger partial charge in [-0.1, -0.05) is 50.3 Å². The van der Waals surface area contributed by atoms with Crippen molar-refractivity contribution in [2.75, 3.05) is 6.54 Å². The monoisotopic (exact) mass is 337 g/mol. The molecule has 1 amide bonds. The van der Waals surface area contributed by atoms with Crippen LogP contribution in [0.2, 0.25) is 0 Å². The Morgan fingerprint density at radius 3 is 2.68 bits per heavy atom. The maximum Gasteiger partial charge on any atom is 0.248 e. The van der Waals surface area contributed by atoms with Crippen molar-refractivity contribution in [1.29, 1.82) is 0 Å². The number of nitrogens with two attached hydrogens (primary N) is 1. The first-order chi connectivity index (χ1) is 12.2. The van der Waals surface area contributed by atoms with Crippen molar-refractivity contribution in [3.63, 3.8) is 0 Å². The van der Waals surface area contributed by atoms with Gasteiger partial charge in [-0.25, -0.2) is 0 Å². The standard InChI is InChI=1S/C21H27N3O/c22-21(25)18-8-4-7-17(13-18)19-9-10-20(24-14-19)15-23-12-11-16-5-2-1-3-6-16/h4,7-10,13-14,16,23H,1-3,5-6,11-12,15H2,(H2,22,25). The first kappa shape index (κ1) is 17.6. The van der Waals surface area contributed by atoms with E-state index in [1.807, 2.05) is 30.5 Å². The minimum Gasteiger partial charge on any atom is -0.366 e. The molecule has 1 aliphatic carbocycles. The van der Waals surface area contributed by atoms with Crippen LogP contribution in [0.4, 0.5) is 0 Å². The molecule has 0 unspecified atom stereocenters. The largest absolute Gasteiger partial charge is 0.366 e. The molecule has 1 aromatic carbocycles. The highest BCUT2D eigenvalue weighted by Crippen LogP contribution is 2.25. The van der Waals surface area contributed by atoms with E-state index in [4.69, 9.17) is 5.73 Å². The van der Waals surface area contributed by atoms with E-state index in [0.717, 1.165) is 35.8 Å². The Morgan fingerprint density at radius 1 is 1.12 bits per heavy atom. The van der Waals surface area contributed by atoms with Gasteiger partial charge >= 0.3 is 0 Å². The lowest BCUT2D eigenvalue weighted by atomic mass is 9.87. The van der Waals surface area contributed by atoms with E-state index in [2.05, 4.69) is 10.3 Å². The van der Waals surface area contributed by atoms with Crippen molar-refractivity contribution >= 4 is 5.91 Å². The van der Waals surface area contributed by atoms with Crippen LogP contribution in [0.1, 0.15) is 54.6 Å². The number of rotatable bonds is 7. The highest BCUT2D eigenvalue weighted by molar-refractivity contribution is 5.94. The average Bonchev–Trinajstić information content (AvgIpc) is 2.67. The molecule has 0 aliphatic heterocycles. The molecule has 0 radical (unpaired) electrons. The van der Waals surface area contributed by atoms with Crippen molar-refractivity contribution in [2.45, 2.75) is 45.1 Å². The number of benzene rings is 1. The summed E-state index contributed by atoms with van der Waals surface area (Å²) in [5.41, 5.74) is 8.86. The van der Waals surface area contributed by atoms with Crippen molar-refractivity contribution in [1.82, 2.24) is 10.3 Å². The summed E-state index contributed by atoms with van der Waals surface area (Å²) in [6.45, 7) is 1.86. The van der Waals surface area contributed by atoms with E-state index in [0.29, 0.717) is 5.56 Å². The van der Waals surface area contributed by atoms with Gasteiger partial charge in [0.25, 0.3) is 0 Å². The van der Waals surface area contributed by atoms with Gasteiger partial charge in [0.05, 0.1) is 5.69 Å². The molecule has 132 valence electrons. The quantitative estimate of drug-likeness (QED) is 0.753. The molecular weight excluding hydrogens is 310 g/mol. The molecule has 1 saturated carbocycles. The Hall–Kier alpha value is -2.20. The molecule has 4 heteroatoms. The van der Waals surface area contributed by atoms with Gasteiger partial charge in [-0.05, 0) is 42.6 Å². The molecular formula is C21H27N3O. The van der Waals surface area contributed by atoms with Crippen molar-refractivity contribution in [3.05, 3.63) is 53.9 Å². The lowest BCUT2D eigenvalue weighted by molar-refractivity contribution is 0.100. The summed E-state index contributed by atoms with van der Waals surface area (Å²) < 4.78 is 0. The van der Waals surface area contributed by atoms with Gasteiger partial charge in [0, 0.05) is 23.9 Å². The number of carbonyl (C=O) groups is 1. The van der Waals surface area contributed by atoms with E-state index in [9.17, 15) is 4.79 Å². The summed E-state index contributed by atoms with van der Waals surface area (Å²) in [6, 6.07) is 11.4. The van der Waals surface area contributed by atoms with E-state index < -0.39 is 5.91 Å². The molecule has 0 spiro atoms. The third-order valence-electron chi connectivity index (χ3n) is 5.07. The topological polar surface area (TPSA) is 68.0 Å². The highest BCUT2D eigenvalue weighted by Gasteiger charge is 2.12. The lowest BCUT2D eigenvalue weighted by Gasteiger charge is -2.21. The number of carbonyl (C=O) groups excluding carboxylic acids is 1. The van der Waals surface area contributed by atoms with Gasteiger partial charge in [0.2, 0.25) is 5.91 Å². The van der Waals surface area contributed by atoms with E-state index in [1.165, 1.54) is 38.5 Å². The fraction of sp³-hybridized carbons (Fsp3) is 0.429. The van der Waals surface area contributed by atoms with Gasteiger partial charge in [-0.15, -0.1) is 0 Å². The Morgan fingerprint density at radius 2 is 1.96 bits per heavy atom. The Bertz CT molecular complexity index is 691. The van der Waals surface area contributed by atoms with Crippen molar-refractivity contribution < 1.29 is 4.79 Å². The smallest absolute Gasteiger partial charge is 0.248 e. The maximum absolute atomic E-state index is 11.3. The summed E-state index contributed by atoms with van der Waals surface area (Å²) in [4.78, 5) is 15.8. The van der Waals surface area contributed by atoms with Gasteiger partial charge < -0.3 is 11.1 Å². The fourth-order valence-electron chi connectivity index (χ4n) is 3.55. The third kappa shape index (κ3) is 5.13. The zero-order chi connectivity index (χ0) is 17.5. The second kappa shape index (κ2) is 8.77. The molecule has 3 N–H and O–H groups in total. The van der Waals surface area contributed by atoms with Crippen LogP contribution >= 0.6 is 0 Å². The van der Waals surface area contributed by atoms with Gasteiger partial charge in [0.1, 0.15) is 0 Å². The Labute approximate surface area is 149 Å². The number of hydrogen-bond donors (Lipinski definition) is 2. The number of hydrogen-bond acceptors (Lipinski definition) is 3. The van der Waals surface area contributed by atoms with E-state index in [-0.39, 0.29) is 0 Å². The Balaban J connectivity index is 1.50.